The Morgan fingerprint density at radius 3 is 2.76 bits per heavy atom. The summed E-state index contributed by atoms with van der Waals surface area (Å²) in [7, 11) is 0. The molecule has 0 unspecified atom stereocenters. The Kier molecular flexibility index (Phi) is 9.59. The molecule has 4 nitrogen and oxygen atoms in total. The fraction of sp³-hybridized carbons (Fsp3) is 0.917. The van der Waals surface area contributed by atoms with E-state index < -0.39 is 0 Å². The molecule has 5 heteroatoms. The van der Waals surface area contributed by atoms with Crippen LogP contribution in [0.15, 0.2) is 0 Å². The number of amides is 1. The zero-order valence-electron chi connectivity index (χ0n) is 11.1. The van der Waals surface area contributed by atoms with Crippen LogP contribution in [0.1, 0.15) is 33.6 Å². The molecule has 0 atom stereocenters. The zero-order valence-corrected chi connectivity index (χ0v) is 11.9. The van der Waals surface area contributed by atoms with Gasteiger partial charge in [-0.05, 0) is 32.4 Å². The predicted octanol–water partition coefficient (Wildman–Crippen LogP) is 1.42. The highest BCUT2D eigenvalue weighted by Crippen LogP contribution is 2.13. The number of carbonyl (C=O) groups is 1. The van der Waals surface area contributed by atoms with Crippen molar-refractivity contribution in [1.82, 2.24) is 5.32 Å². The minimum Gasteiger partial charge on any atom is -0.396 e. The van der Waals surface area contributed by atoms with Crippen molar-refractivity contribution >= 4 is 17.7 Å². The summed E-state index contributed by atoms with van der Waals surface area (Å²) >= 11 is 1.62. The molecule has 0 aromatic heterocycles. The number of carbonyl (C=O) groups excluding carboxylic acids is 1. The summed E-state index contributed by atoms with van der Waals surface area (Å²) in [4.78, 5) is 11.3. The number of rotatable bonds is 10. The largest absolute Gasteiger partial charge is 0.396 e. The van der Waals surface area contributed by atoms with Crippen LogP contribution in [0.4, 0.5) is 0 Å². The van der Waals surface area contributed by atoms with Crippen LogP contribution in [-0.4, -0.2) is 47.9 Å². The second-order valence-electron chi connectivity index (χ2n) is 4.42. The van der Waals surface area contributed by atoms with Gasteiger partial charge in [0.25, 0.3) is 0 Å². The van der Waals surface area contributed by atoms with Gasteiger partial charge in [0, 0.05) is 19.8 Å². The molecule has 2 N–H and O–H groups in total. The van der Waals surface area contributed by atoms with Crippen molar-refractivity contribution in [2.75, 3.05) is 31.3 Å². The third kappa shape index (κ3) is 10.6. The smallest absolute Gasteiger partial charge is 0.229 e. The van der Waals surface area contributed by atoms with Crippen LogP contribution in [0.25, 0.3) is 0 Å². The monoisotopic (exact) mass is 263 g/mol. The number of aliphatic hydroxyl groups is 1. The lowest BCUT2D eigenvalue weighted by atomic mass is 10.1. The Hall–Kier alpha value is -0.260. The average Bonchev–Trinajstić information content (AvgIpc) is 2.25. The van der Waals surface area contributed by atoms with E-state index in [2.05, 4.69) is 5.32 Å². The zero-order chi connectivity index (χ0) is 13.1. The first-order valence-electron chi connectivity index (χ1n) is 6.11. The van der Waals surface area contributed by atoms with Crippen LogP contribution in [0, 0.1) is 0 Å². The molecule has 0 aliphatic rings. The lowest BCUT2D eigenvalue weighted by molar-refractivity contribution is -0.118. The van der Waals surface area contributed by atoms with E-state index in [1.807, 2.05) is 20.8 Å². The topological polar surface area (TPSA) is 58.6 Å². The molecular formula is C12H25NO3S. The Balaban J connectivity index is 3.42. The Bertz CT molecular complexity index is 210. The first-order valence-corrected chi connectivity index (χ1v) is 7.26. The van der Waals surface area contributed by atoms with Crippen LogP contribution < -0.4 is 5.32 Å². The molecule has 0 radical (unpaired) electrons. The number of aliphatic hydroxyl groups excluding tert-OH is 1. The van der Waals surface area contributed by atoms with E-state index in [1.165, 1.54) is 0 Å². The molecule has 17 heavy (non-hydrogen) atoms. The highest BCUT2D eigenvalue weighted by molar-refractivity contribution is 7.99. The summed E-state index contributed by atoms with van der Waals surface area (Å²) in [6.45, 7) is 7.35. The second-order valence-corrected chi connectivity index (χ2v) is 5.70. The number of nitrogens with one attached hydrogen (secondary N) is 1. The molecule has 0 aromatic carbocycles. The van der Waals surface area contributed by atoms with Gasteiger partial charge >= 0.3 is 0 Å². The molecule has 0 bridgehead atoms. The molecule has 0 fully saturated rings. The van der Waals surface area contributed by atoms with Crippen LogP contribution in [0.5, 0.6) is 0 Å². The summed E-state index contributed by atoms with van der Waals surface area (Å²) in [5, 5.41) is 11.7. The maximum Gasteiger partial charge on any atom is 0.229 e. The van der Waals surface area contributed by atoms with Gasteiger partial charge in [0.15, 0.2) is 0 Å². The van der Waals surface area contributed by atoms with E-state index in [0.29, 0.717) is 25.3 Å². The normalized spacial score (nSPS) is 11.5. The van der Waals surface area contributed by atoms with Gasteiger partial charge in [-0.15, -0.1) is 0 Å². The van der Waals surface area contributed by atoms with Crippen molar-refractivity contribution in [3.63, 3.8) is 0 Å². The molecule has 102 valence electrons. The van der Waals surface area contributed by atoms with Crippen molar-refractivity contribution in [2.24, 2.45) is 0 Å². The first kappa shape index (κ1) is 16.7. The van der Waals surface area contributed by atoms with E-state index in [-0.39, 0.29) is 18.1 Å². The SMILES string of the molecule is CCSCC(=O)NCCCOC(C)(C)CCO. The molecule has 0 aromatic rings. The first-order chi connectivity index (χ1) is 8.02. The molecule has 0 aliphatic heterocycles. The van der Waals surface area contributed by atoms with Crippen LogP contribution >= 0.6 is 11.8 Å². The Morgan fingerprint density at radius 2 is 2.18 bits per heavy atom. The summed E-state index contributed by atoms with van der Waals surface area (Å²) in [6, 6.07) is 0. The molecule has 0 aliphatic carbocycles. The van der Waals surface area contributed by atoms with Gasteiger partial charge in [-0.2, -0.15) is 11.8 Å². The molecule has 0 spiro atoms. The van der Waals surface area contributed by atoms with Gasteiger partial charge < -0.3 is 15.2 Å². The number of thioether (sulfide) groups is 1. The summed E-state index contributed by atoms with van der Waals surface area (Å²) < 4.78 is 5.62. The van der Waals surface area contributed by atoms with Crippen molar-refractivity contribution in [2.45, 2.75) is 39.2 Å². The summed E-state index contributed by atoms with van der Waals surface area (Å²) in [5.74, 6) is 1.59. The summed E-state index contributed by atoms with van der Waals surface area (Å²) in [6.07, 6.45) is 1.43. The Labute approximate surface area is 108 Å². The van der Waals surface area contributed by atoms with Crippen LogP contribution in [0.3, 0.4) is 0 Å². The fourth-order valence-electron chi connectivity index (χ4n) is 1.24. The van der Waals surface area contributed by atoms with Gasteiger partial charge in [-0.3, -0.25) is 4.79 Å². The summed E-state index contributed by atoms with van der Waals surface area (Å²) in [5.41, 5.74) is -0.281. The van der Waals surface area contributed by atoms with E-state index in [9.17, 15) is 4.79 Å². The third-order valence-electron chi connectivity index (χ3n) is 2.29. The predicted molar refractivity (Wildman–Crippen MR) is 72.4 cm³/mol. The van der Waals surface area contributed by atoms with E-state index in [1.54, 1.807) is 11.8 Å². The van der Waals surface area contributed by atoms with Crippen molar-refractivity contribution in [1.29, 1.82) is 0 Å². The highest BCUT2D eigenvalue weighted by atomic mass is 32.2. The standard InChI is InChI=1S/C12H25NO3S/c1-4-17-10-11(15)13-7-5-9-16-12(2,3)6-8-14/h14H,4-10H2,1-3H3,(H,13,15). The Morgan fingerprint density at radius 1 is 1.47 bits per heavy atom. The van der Waals surface area contributed by atoms with Crippen LogP contribution in [-0.2, 0) is 9.53 Å². The maximum atomic E-state index is 11.3. The highest BCUT2D eigenvalue weighted by Gasteiger charge is 2.16. The van der Waals surface area contributed by atoms with Gasteiger partial charge in [-0.1, -0.05) is 6.92 Å². The van der Waals surface area contributed by atoms with E-state index in [0.717, 1.165) is 12.2 Å². The van der Waals surface area contributed by atoms with Crippen LogP contribution in [0.2, 0.25) is 0 Å². The van der Waals surface area contributed by atoms with Gasteiger partial charge in [0.1, 0.15) is 0 Å². The van der Waals surface area contributed by atoms with E-state index in [4.69, 9.17) is 9.84 Å². The van der Waals surface area contributed by atoms with Gasteiger partial charge in [0.05, 0.1) is 11.4 Å². The molecule has 0 saturated carbocycles. The molecule has 0 saturated heterocycles. The maximum absolute atomic E-state index is 11.3. The van der Waals surface area contributed by atoms with Gasteiger partial charge in [0.2, 0.25) is 5.91 Å². The molecule has 0 heterocycles. The minimum absolute atomic E-state index is 0.0893. The molecule has 1 amide bonds. The number of ether oxygens (including phenoxy) is 1. The fourth-order valence-corrected chi connectivity index (χ4v) is 1.73. The minimum atomic E-state index is -0.281. The van der Waals surface area contributed by atoms with Crippen molar-refractivity contribution in [3.05, 3.63) is 0 Å². The lowest BCUT2D eigenvalue weighted by Crippen LogP contribution is -2.30. The number of hydrogen-bond donors (Lipinski definition) is 2. The van der Waals surface area contributed by atoms with Gasteiger partial charge in [-0.25, -0.2) is 0 Å². The quantitative estimate of drug-likeness (QED) is 0.585. The third-order valence-corrected chi connectivity index (χ3v) is 3.16. The van der Waals surface area contributed by atoms with Crippen molar-refractivity contribution < 1.29 is 14.6 Å². The molecule has 0 rings (SSSR count). The van der Waals surface area contributed by atoms with Crippen molar-refractivity contribution in [3.8, 4) is 0 Å². The number of hydrogen-bond acceptors (Lipinski definition) is 4. The lowest BCUT2D eigenvalue weighted by Gasteiger charge is -2.24. The average molecular weight is 263 g/mol. The molecular weight excluding hydrogens is 238 g/mol. The second kappa shape index (κ2) is 9.74. The van der Waals surface area contributed by atoms with E-state index >= 15 is 0 Å².